The number of aryl methyl sites for hydroxylation is 1. The third-order valence-electron chi connectivity index (χ3n) is 3.94. The number of aliphatic hydroxyl groups excluding tert-OH is 1. The maximum absolute atomic E-state index is 12.7. The Balaban J connectivity index is 2.24. The van der Waals surface area contributed by atoms with Crippen molar-refractivity contribution in [3.63, 3.8) is 0 Å². The molecule has 2 aromatic carbocycles. The molecule has 0 saturated carbocycles. The molecule has 0 heterocycles. The van der Waals surface area contributed by atoms with Crippen LogP contribution in [0.25, 0.3) is 0 Å². The van der Waals surface area contributed by atoms with E-state index in [2.05, 4.69) is 0 Å². The van der Waals surface area contributed by atoms with Crippen LogP contribution in [0.1, 0.15) is 15.9 Å². The maximum atomic E-state index is 12.7. The number of rotatable bonds is 6. The number of hydrogen-bond donors (Lipinski definition) is 1. The largest absolute Gasteiger partial charge is 0.395 e. The van der Waals surface area contributed by atoms with Crippen molar-refractivity contribution in [3.8, 4) is 0 Å². The summed E-state index contributed by atoms with van der Waals surface area (Å²) in [7, 11) is -0.588. The van der Waals surface area contributed by atoms with Crippen LogP contribution in [0.5, 0.6) is 0 Å². The smallest absolute Gasteiger partial charge is 0.264 e. The zero-order valence-electron chi connectivity index (χ0n) is 14.5. The number of aliphatic hydroxyl groups is 1. The average Bonchev–Trinajstić information content (AvgIpc) is 2.61. The monoisotopic (exact) mass is 362 g/mol. The van der Waals surface area contributed by atoms with Crippen LogP contribution < -0.4 is 4.31 Å². The van der Waals surface area contributed by atoms with E-state index in [0.717, 1.165) is 5.56 Å². The molecule has 7 heteroatoms. The predicted molar refractivity (Wildman–Crippen MR) is 97.3 cm³/mol. The highest BCUT2D eigenvalue weighted by atomic mass is 32.2. The number of carbonyl (C=O) groups excluding carboxylic acids is 1. The minimum Gasteiger partial charge on any atom is -0.395 e. The highest BCUT2D eigenvalue weighted by Crippen LogP contribution is 2.23. The lowest BCUT2D eigenvalue weighted by Gasteiger charge is -2.20. The van der Waals surface area contributed by atoms with Gasteiger partial charge in [-0.05, 0) is 43.3 Å². The van der Waals surface area contributed by atoms with Crippen LogP contribution in [0.2, 0.25) is 0 Å². The van der Waals surface area contributed by atoms with Gasteiger partial charge in [-0.25, -0.2) is 8.42 Å². The van der Waals surface area contributed by atoms with E-state index in [1.807, 2.05) is 6.92 Å². The first-order valence-corrected chi connectivity index (χ1v) is 9.23. The van der Waals surface area contributed by atoms with Gasteiger partial charge in [0.25, 0.3) is 15.9 Å². The molecule has 1 amide bonds. The SMILES string of the molecule is Cc1ccc(S(=O)(=O)N(C)c2ccc(C(=O)N(C)CCO)cc2)cc1. The fraction of sp³-hybridized carbons (Fsp3) is 0.278. The Morgan fingerprint density at radius 2 is 1.56 bits per heavy atom. The molecule has 0 radical (unpaired) electrons. The van der Waals surface area contributed by atoms with E-state index < -0.39 is 10.0 Å². The molecular weight excluding hydrogens is 340 g/mol. The van der Waals surface area contributed by atoms with Gasteiger partial charge in [-0.3, -0.25) is 9.10 Å². The summed E-state index contributed by atoms with van der Waals surface area (Å²) in [4.78, 5) is 13.8. The van der Waals surface area contributed by atoms with Crippen molar-refractivity contribution in [3.05, 3.63) is 59.7 Å². The molecule has 134 valence electrons. The minimum atomic E-state index is -3.66. The van der Waals surface area contributed by atoms with Crippen molar-refractivity contribution in [2.45, 2.75) is 11.8 Å². The molecular formula is C18H22N2O4S. The van der Waals surface area contributed by atoms with Gasteiger partial charge in [0.1, 0.15) is 0 Å². The lowest BCUT2D eigenvalue weighted by atomic mass is 10.2. The van der Waals surface area contributed by atoms with Crippen molar-refractivity contribution < 1.29 is 18.3 Å². The van der Waals surface area contributed by atoms with Crippen molar-refractivity contribution in [2.24, 2.45) is 0 Å². The molecule has 0 aliphatic carbocycles. The number of hydrogen-bond acceptors (Lipinski definition) is 4. The third-order valence-corrected chi connectivity index (χ3v) is 5.74. The van der Waals surface area contributed by atoms with Gasteiger partial charge in [0.2, 0.25) is 0 Å². The van der Waals surface area contributed by atoms with Gasteiger partial charge in [0.05, 0.1) is 17.2 Å². The van der Waals surface area contributed by atoms with Crippen molar-refractivity contribution >= 4 is 21.6 Å². The molecule has 0 fully saturated rings. The van der Waals surface area contributed by atoms with Crippen molar-refractivity contribution in [1.29, 1.82) is 0 Å². The van der Waals surface area contributed by atoms with Crippen LogP contribution in [0.15, 0.2) is 53.4 Å². The number of anilines is 1. The Hall–Kier alpha value is -2.38. The first-order chi connectivity index (χ1) is 11.8. The summed E-state index contributed by atoms with van der Waals surface area (Å²) in [5.74, 6) is -0.232. The topological polar surface area (TPSA) is 77.9 Å². The maximum Gasteiger partial charge on any atom is 0.264 e. The van der Waals surface area contributed by atoms with Gasteiger partial charge < -0.3 is 10.0 Å². The Kier molecular flexibility index (Phi) is 5.81. The molecule has 2 aromatic rings. The van der Waals surface area contributed by atoms with E-state index in [9.17, 15) is 13.2 Å². The molecule has 0 bridgehead atoms. The minimum absolute atomic E-state index is 0.113. The molecule has 1 N–H and O–H groups in total. The zero-order valence-corrected chi connectivity index (χ0v) is 15.3. The summed E-state index contributed by atoms with van der Waals surface area (Å²) in [5.41, 5.74) is 1.87. The summed E-state index contributed by atoms with van der Waals surface area (Å²) < 4.78 is 26.5. The van der Waals surface area contributed by atoms with Crippen LogP contribution >= 0.6 is 0 Å². The highest BCUT2D eigenvalue weighted by molar-refractivity contribution is 7.92. The molecule has 0 unspecified atom stereocenters. The molecule has 0 saturated heterocycles. The Labute approximate surface area is 148 Å². The summed E-state index contributed by atoms with van der Waals surface area (Å²) in [6.07, 6.45) is 0. The van der Waals surface area contributed by atoms with Gasteiger partial charge >= 0.3 is 0 Å². The van der Waals surface area contributed by atoms with E-state index in [1.165, 1.54) is 16.3 Å². The Morgan fingerprint density at radius 1 is 1.00 bits per heavy atom. The van der Waals surface area contributed by atoms with Gasteiger partial charge in [-0.15, -0.1) is 0 Å². The molecule has 0 aliphatic rings. The van der Waals surface area contributed by atoms with E-state index in [4.69, 9.17) is 5.11 Å². The molecule has 0 aromatic heterocycles. The van der Waals surface area contributed by atoms with Gasteiger partial charge in [0, 0.05) is 26.2 Å². The van der Waals surface area contributed by atoms with Crippen LogP contribution in [-0.2, 0) is 10.0 Å². The van der Waals surface area contributed by atoms with Crippen LogP contribution in [-0.4, -0.2) is 51.6 Å². The quantitative estimate of drug-likeness (QED) is 0.851. The third kappa shape index (κ3) is 4.18. The number of benzene rings is 2. The number of nitrogens with zero attached hydrogens (tertiary/aromatic N) is 2. The second-order valence-electron chi connectivity index (χ2n) is 5.78. The van der Waals surface area contributed by atoms with E-state index in [-0.39, 0.29) is 24.0 Å². The molecule has 0 spiro atoms. The van der Waals surface area contributed by atoms with Crippen LogP contribution in [0.4, 0.5) is 5.69 Å². The van der Waals surface area contributed by atoms with E-state index >= 15 is 0 Å². The van der Waals surface area contributed by atoms with Gasteiger partial charge in [-0.1, -0.05) is 17.7 Å². The standard InChI is InChI=1S/C18H22N2O4S/c1-14-4-10-17(11-5-14)25(23,24)20(3)16-8-6-15(7-9-16)18(22)19(2)12-13-21/h4-11,21H,12-13H2,1-3H3. The molecule has 6 nitrogen and oxygen atoms in total. The number of sulfonamides is 1. The van der Waals surface area contributed by atoms with Crippen LogP contribution in [0.3, 0.4) is 0 Å². The van der Waals surface area contributed by atoms with Crippen LogP contribution in [0, 0.1) is 6.92 Å². The molecule has 25 heavy (non-hydrogen) atoms. The zero-order chi connectivity index (χ0) is 18.6. The summed E-state index contributed by atoms with van der Waals surface area (Å²) in [6.45, 7) is 2.02. The lowest BCUT2D eigenvalue weighted by molar-refractivity contribution is 0.0767. The first-order valence-electron chi connectivity index (χ1n) is 7.79. The highest BCUT2D eigenvalue weighted by Gasteiger charge is 2.21. The Morgan fingerprint density at radius 3 is 2.08 bits per heavy atom. The fourth-order valence-corrected chi connectivity index (χ4v) is 3.49. The van der Waals surface area contributed by atoms with E-state index in [0.29, 0.717) is 11.3 Å². The second kappa shape index (κ2) is 7.67. The predicted octanol–water partition coefficient (Wildman–Crippen LogP) is 1.88. The summed E-state index contributed by atoms with van der Waals surface area (Å²) >= 11 is 0. The van der Waals surface area contributed by atoms with E-state index in [1.54, 1.807) is 55.6 Å². The van der Waals surface area contributed by atoms with Gasteiger partial charge in [0.15, 0.2) is 0 Å². The summed E-state index contributed by atoms with van der Waals surface area (Å²) in [6, 6.07) is 13.0. The second-order valence-corrected chi connectivity index (χ2v) is 7.75. The fourth-order valence-electron chi connectivity index (χ4n) is 2.29. The Bertz CT molecular complexity index is 830. The van der Waals surface area contributed by atoms with Crippen molar-refractivity contribution in [1.82, 2.24) is 4.90 Å². The summed E-state index contributed by atoms with van der Waals surface area (Å²) in [5, 5.41) is 8.90. The average molecular weight is 362 g/mol. The van der Waals surface area contributed by atoms with Crippen molar-refractivity contribution in [2.75, 3.05) is 31.6 Å². The lowest BCUT2D eigenvalue weighted by Crippen LogP contribution is -2.29. The molecule has 0 atom stereocenters. The van der Waals surface area contributed by atoms with Gasteiger partial charge in [-0.2, -0.15) is 0 Å². The number of amides is 1. The molecule has 0 aliphatic heterocycles. The molecule has 2 rings (SSSR count). The number of likely N-dealkylation sites (N-methyl/N-ethyl adjacent to an activating group) is 1. The normalized spacial score (nSPS) is 11.2. The number of carbonyl (C=O) groups is 1. The first kappa shape index (κ1) is 19.0.